The molecule has 0 atom stereocenters. The maximum atomic E-state index is 11.4. The van der Waals surface area contributed by atoms with E-state index >= 15 is 0 Å². The van der Waals surface area contributed by atoms with Gasteiger partial charge in [0.15, 0.2) is 0 Å². The fourth-order valence-electron chi connectivity index (χ4n) is 1.79. The van der Waals surface area contributed by atoms with Gasteiger partial charge in [-0.25, -0.2) is 0 Å². The summed E-state index contributed by atoms with van der Waals surface area (Å²) in [5.41, 5.74) is 0.838. The molecule has 0 amide bonds. The molecule has 0 aliphatic heterocycles. The minimum atomic E-state index is -0.839. The van der Waals surface area contributed by atoms with E-state index in [0.717, 1.165) is 11.1 Å². The molecule has 0 spiro atoms. The first-order chi connectivity index (χ1) is 5.90. The van der Waals surface area contributed by atoms with Crippen LogP contribution in [0.4, 0.5) is 0 Å². The zero-order valence-electron chi connectivity index (χ0n) is 8.14. The maximum Gasteiger partial charge on any atom is 0.144 e. The average Bonchev–Trinajstić information content (AvgIpc) is 2.29. The lowest BCUT2D eigenvalue weighted by atomic mass is 9.78. The third-order valence-corrected chi connectivity index (χ3v) is 2.88. The van der Waals surface area contributed by atoms with Crippen molar-refractivity contribution >= 4 is 11.6 Å². The standard InChI is InChI=1S/C11H14O2/c1-7-5-11(9(3)12,10(4)13)6-8(7)2/h1-2,5-6H2,3-4H3. The van der Waals surface area contributed by atoms with E-state index in [9.17, 15) is 9.59 Å². The summed E-state index contributed by atoms with van der Waals surface area (Å²) < 4.78 is 0. The minimum Gasteiger partial charge on any atom is -0.299 e. The Labute approximate surface area is 78.3 Å². The van der Waals surface area contributed by atoms with E-state index in [-0.39, 0.29) is 11.6 Å². The zero-order chi connectivity index (χ0) is 10.2. The molecule has 1 saturated carbocycles. The summed E-state index contributed by atoms with van der Waals surface area (Å²) >= 11 is 0. The molecule has 0 aromatic heterocycles. The lowest BCUT2D eigenvalue weighted by Gasteiger charge is -2.21. The van der Waals surface area contributed by atoms with Crippen LogP contribution in [-0.4, -0.2) is 11.6 Å². The van der Waals surface area contributed by atoms with Gasteiger partial charge in [0.25, 0.3) is 0 Å². The van der Waals surface area contributed by atoms with Gasteiger partial charge in [-0.2, -0.15) is 0 Å². The van der Waals surface area contributed by atoms with Crippen LogP contribution in [0, 0.1) is 5.41 Å². The lowest BCUT2D eigenvalue weighted by molar-refractivity contribution is -0.137. The molecule has 1 aliphatic carbocycles. The van der Waals surface area contributed by atoms with Gasteiger partial charge < -0.3 is 0 Å². The fraction of sp³-hybridized carbons (Fsp3) is 0.455. The Hall–Kier alpha value is -1.18. The lowest BCUT2D eigenvalue weighted by Crippen LogP contribution is -2.33. The van der Waals surface area contributed by atoms with Crippen molar-refractivity contribution in [3.8, 4) is 0 Å². The molecular weight excluding hydrogens is 164 g/mol. The van der Waals surface area contributed by atoms with Gasteiger partial charge >= 0.3 is 0 Å². The van der Waals surface area contributed by atoms with Gasteiger partial charge in [-0.15, -0.1) is 0 Å². The highest BCUT2D eigenvalue weighted by Crippen LogP contribution is 2.44. The molecule has 2 nitrogen and oxygen atoms in total. The first-order valence-corrected chi connectivity index (χ1v) is 4.28. The Balaban J connectivity index is 3.10. The Morgan fingerprint density at radius 2 is 1.38 bits per heavy atom. The van der Waals surface area contributed by atoms with E-state index in [1.54, 1.807) is 0 Å². The van der Waals surface area contributed by atoms with Crippen LogP contribution in [0.25, 0.3) is 0 Å². The Kier molecular flexibility index (Phi) is 2.24. The van der Waals surface area contributed by atoms with Crippen LogP contribution >= 0.6 is 0 Å². The van der Waals surface area contributed by atoms with Crippen molar-refractivity contribution in [1.29, 1.82) is 0 Å². The van der Waals surface area contributed by atoms with Crippen molar-refractivity contribution < 1.29 is 9.59 Å². The Morgan fingerprint density at radius 1 is 1.08 bits per heavy atom. The van der Waals surface area contributed by atoms with Crippen LogP contribution in [0.3, 0.4) is 0 Å². The van der Waals surface area contributed by atoms with Gasteiger partial charge in [-0.3, -0.25) is 9.59 Å². The molecule has 1 aliphatic rings. The molecule has 0 saturated heterocycles. The highest BCUT2D eigenvalue weighted by molar-refractivity contribution is 6.06. The fourth-order valence-corrected chi connectivity index (χ4v) is 1.79. The SMILES string of the molecule is C=C1CC(C(C)=O)(C(C)=O)CC1=C. The molecule has 0 heterocycles. The number of carbonyl (C=O) groups is 2. The van der Waals surface area contributed by atoms with E-state index in [1.165, 1.54) is 13.8 Å². The van der Waals surface area contributed by atoms with Gasteiger partial charge in [-0.1, -0.05) is 24.3 Å². The number of hydrogen-bond acceptors (Lipinski definition) is 2. The molecule has 0 bridgehead atoms. The molecule has 1 fully saturated rings. The van der Waals surface area contributed by atoms with E-state index in [2.05, 4.69) is 13.2 Å². The van der Waals surface area contributed by atoms with Crippen molar-refractivity contribution in [2.24, 2.45) is 5.41 Å². The number of allylic oxidation sites excluding steroid dienone is 2. The summed E-state index contributed by atoms with van der Waals surface area (Å²) in [6.45, 7) is 10.5. The molecule has 0 radical (unpaired) electrons. The van der Waals surface area contributed by atoms with Crippen molar-refractivity contribution in [3.05, 3.63) is 24.3 Å². The van der Waals surface area contributed by atoms with E-state index < -0.39 is 5.41 Å². The first-order valence-electron chi connectivity index (χ1n) is 4.28. The highest BCUT2D eigenvalue weighted by atomic mass is 16.2. The third-order valence-electron chi connectivity index (χ3n) is 2.88. The van der Waals surface area contributed by atoms with Gasteiger partial charge in [-0.05, 0) is 26.7 Å². The smallest absolute Gasteiger partial charge is 0.144 e. The van der Waals surface area contributed by atoms with E-state index in [0.29, 0.717) is 12.8 Å². The number of ketones is 2. The summed E-state index contributed by atoms with van der Waals surface area (Å²) in [4.78, 5) is 22.8. The second-order valence-electron chi connectivity index (χ2n) is 3.76. The molecule has 1 rings (SSSR count). The second-order valence-corrected chi connectivity index (χ2v) is 3.76. The van der Waals surface area contributed by atoms with Crippen LogP contribution in [0.1, 0.15) is 26.7 Å². The summed E-state index contributed by atoms with van der Waals surface area (Å²) in [5.74, 6) is -0.139. The van der Waals surface area contributed by atoms with Crippen LogP contribution < -0.4 is 0 Å². The van der Waals surface area contributed by atoms with Gasteiger partial charge in [0.2, 0.25) is 0 Å². The van der Waals surface area contributed by atoms with Gasteiger partial charge in [0, 0.05) is 0 Å². The number of Topliss-reactive ketones (excluding diaryl/α,β-unsaturated/α-hetero) is 2. The van der Waals surface area contributed by atoms with Gasteiger partial charge in [0.05, 0.1) is 5.41 Å². The molecule has 0 unspecified atom stereocenters. The van der Waals surface area contributed by atoms with Gasteiger partial charge in [0.1, 0.15) is 11.6 Å². The second kappa shape index (κ2) is 2.95. The highest BCUT2D eigenvalue weighted by Gasteiger charge is 2.45. The van der Waals surface area contributed by atoms with E-state index in [1.807, 2.05) is 0 Å². The average molecular weight is 178 g/mol. The largest absolute Gasteiger partial charge is 0.299 e. The summed E-state index contributed by atoms with van der Waals surface area (Å²) in [6.07, 6.45) is 0.910. The van der Waals surface area contributed by atoms with Crippen LogP contribution in [-0.2, 0) is 9.59 Å². The van der Waals surface area contributed by atoms with Crippen molar-refractivity contribution in [2.75, 3.05) is 0 Å². The zero-order valence-corrected chi connectivity index (χ0v) is 8.14. The molecule has 70 valence electrons. The normalized spacial score (nSPS) is 20.5. The predicted octanol–water partition coefficient (Wildman–Crippen LogP) is 2.06. The molecule has 0 aromatic carbocycles. The molecular formula is C11H14O2. The number of carbonyl (C=O) groups excluding carboxylic acids is 2. The monoisotopic (exact) mass is 178 g/mol. The molecule has 2 heteroatoms. The summed E-state index contributed by atoms with van der Waals surface area (Å²) in [7, 11) is 0. The Bertz CT molecular complexity index is 278. The first kappa shape index (κ1) is 9.90. The third kappa shape index (κ3) is 1.37. The molecule has 0 N–H and O–H groups in total. The predicted molar refractivity (Wildman–Crippen MR) is 51.3 cm³/mol. The van der Waals surface area contributed by atoms with Crippen molar-refractivity contribution in [3.63, 3.8) is 0 Å². The number of rotatable bonds is 2. The number of hydrogen-bond donors (Lipinski definition) is 0. The summed E-state index contributed by atoms with van der Waals surface area (Å²) in [5, 5.41) is 0. The topological polar surface area (TPSA) is 34.1 Å². The maximum absolute atomic E-state index is 11.4. The van der Waals surface area contributed by atoms with Crippen LogP contribution in [0.15, 0.2) is 24.3 Å². The van der Waals surface area contributed by atoms with Crippen molar-refractivity contribution in [2.45, 2.75) is 26.7 Å². The Morgan fingerprint density at radius 3 is 1.54 bits per heavy atom. The molecule has 13 heavy (non-hydrogen) atoms. The van der Waals surface area contributed by atoms with Crippen LogP contribution in [0.5, 0.6) is 0 Å². The quantitative estimate of drug-likeness (QED) is 0.606. The van der Waals surface area contributed by atoms with Crippen LogP contribution in [0.2, 0.25) is 0 Å². The molecule has 0 aromatic rings. The van der Waals surface area contributed by atoms with E-state index in [4.69, 9.17) is 0 Å². The minimum absolute atomic E-state index is 0.0696. The van der Waals surface area contributed by atoms with Crippen molar-refractivity contribution in [1.82, 2.24) is 0 Å². The summed E-state index contributed by atoms with van der Waals surface area (Å²) in [6, 6.07) is 0.